The van der Waals surface area contributed by atoms with Crippen LogP contribution in [-0.2, 0) is 19.0 Å². The maximum atomic E-state index is 12.0. The molecule has 6 heteroatoms. The molecule has 0 radical (unpaired) electrons. The molecule has 12 aliphatic rings. The van der Waals surface area contributed by atoms with E-state index in [0.717, 1.165) is 104 Å². The van der Waals surface area contributed by atoms with Gasteiger partial charge in [0.15, 0.2) is 0 Å². The van der Waals surface area contributed by atoms with E-state index in [1.54, 1.807) is 0 Å². The van der Waals surface area contributed by atoms with Crippen LogP contribution in [0, 0.1) is 104 Å². The first-order valence-corrected chi connectivity index (χ1v) is 30.6. The number of hydrogen-bond acceptors (Lipinski definition) is 6. The van der Waals surface area contributed by atoms with Gasteiger partial charge in [-0.25, -0.2) is 0 Å². The third-order valence-electron chi connectivity index (χ3n) is 27.4. The summed E-state index contributed by atoms with van der Waals surface area (Å²) < 4.78 is 17.7. The van der Waals surface area contributed by atoms with Crippen molar-refractivity contribution in [1.29, 1.82) is 0 Å². The number of carbonyl (C=O) groups is 1. The summed E-state index contributed by atoms with van der Waals surface area (Å²) >= 11 is 0. The minimum atomic E-state index is -0.0190. The number of hydrogen-bond donors (Lipinski definition) is 2. The molecule has 12 fully saturated rings. The number of aliphatic hydroxyl groups is 2. The van der Waals surface area contributed by atoms with Crippen LogP contribution >= 0.6 is 0 Å². The Balaban J connectivity index is 0.000000120. The molecule has 394 valence electrons. The average molecular weight is 960 g/mol. The fourth-order valence-corrected chi connectivity index (χ4v) is 24.1. The van der Waals surface area contributed by atoms with E-state index in [2.05, 4.69) is 41.5 Å². The number of methoxy groups -OCH3 is 3. The van der Waals surface area contributed by atoms with Crippen molar-refractivity contribution in [3.05, 3.63) is 0 Å². The predicted molar refractivity (Wildman–Crippen MR) is 278 cm³/mol. The van der Waals surface area contributed by atoms with E-state index in [4.69, 9.17) is 14.2 Å². The monoisotopic (exact) mass is 959 g/mol. The van der Waals surface area contributed by atoms with Gasteiger partial charge in [-0.2, -0.15) is 0 Å². The Morgan fingerprint density at radius 2 is 0.768 bits per heavy atom. The van der Waals surface area contributed by atoms with Crippen LogP contribution < -0.4 is 0 Å². The molecule has 6 nitrogen and oxygen atoms in total. The molecule has 69 heavy (non-hydrogen) atoms. The third-order valence-corrected chi connectivity index (χ3v) is 27.4. The first-order valence-electron chi connectivity index (χ1n) is 30.6. The molecule has 0 unspecified atom stereocenters. The van der Waals surface area contributed by atoms with Crippen molar-refractivity contribution < 1.29 is 29.2 Å². The van der Waals surface area contributed by atoms with Crippen molar-refractivity contribution in [2.24, 2.45) is 104 Å². The number of aliphatic hydroxyl groups excluding tert-OH is 2. The van der Waals surface area contributed by atoms with Crippen molar-refractivity contribution in [2.45, 2.75) is 265 Å². The Morgan fingerprint density at radius 1 is 0.420 bits per heavy atom. The van der Waals surface area contributed by atoms with Crippen molar-refractivity contribution in [3.8, 4) is 0 Å². The zero-order chi connectivity index (χ0) is 48.7. The molecule has 0 aliphatic heterocycles. The Morgan fingerprint density at radius 3 is 1.12 bits per heavy atom. The number of ether oxygens (including phenoxy) is 3. The number of rotatable bonds is 6. The molecule has 0 aromatic rings. The Hall–Kier alpha value is -0.530. The van der Waals surface area contributed by atoms with Crippen LogP contribution in [-0.4, -0.2) is 67.8 Å². The number of ketones is 1. The fourth-order valence-electron chi connectivity index (χ4n) is 24.1. The van der Waals surface area contributed by atoms with Gasteiger partial charge in [0.25, 0.3) is 0 Å². The van der Waals surface area contributed by atoms with Crippen molar-refractivity contribution in [2.75, 3.05) is 21.3 Å². The van der Waals surface area contributed by atoms with Crippen LogP contribution in [0.4, 0.5) is 0 Å². The summed E-state index contributed by atoms with van der Waals surface area (Å²) in [4.78, 5) is 12.0. The highest BCUT2D eigenvalue weighted by Crippen LogP contribution is 2.71. The molecule has 0 aromatic heterocycles. The molecule has 0 spiro atoms. The van der Waals surface area contributed by atoms with Crippen molar-refractivity contribution in [1.82, 2.24) is 0 Å². The number of Topliss-reactive ketones (excluding diaryl/α,β-unsaturated/α-hetero) is 1. The van der Waals surface area contributed by atoms with Gasteiger partial charge in [-0.15, -0.1) is 0 Å². The molecule has 12 saturated carbocycles. The Bertz CT molecular complexity index is 1700. The van der Waals surface area contributed by atoms with E-state index >= 15 is 0 Å². The van der Waals surface area contributed by atoms with Crippen LogP contribution in [0.3, 0.4) is 0 Å². The SMILES string of the molecule is CC[C@]12CCC(=O)C[C@@H]1CC[C@H]1[C@@H]3CC[C@H](OC)[C@@]3(C)CC[C@@H]12.CC[C@]12CC[C@H](O)C[C@@H]1CC[C@H]1[C@@H]3CC[C@H](OC)[C@@]3(C)CC[C@@H]12.CC[C@]12CC[C@H](O)C[C@@H]1CC[C@H]1[C@@H]3CC[C@H](OC)[C@@]3(C)CC[C@@H]12. The van der Waals surface area contributed by atoms with Gasteiger partial charge in [0.1, 0.15) is 5.78 Å². The standard InChI is InChI=1S/2C21H36O2.C21H34O2/c3*1-4-21-12-9-15(22)13-14(21)5-6-16-17-7-8-19(23-3)20(17,2)11-10-18(16)21/h2*14-19,22H,4-13H2,1-3H3;14,16-19H,4-13H2,1-3H3/t2*14-,15-,16-,17-,18-,19-,20-,21-;14-,16-,17-,18-,19-,20-,21-/m000/s1. The smallest absolute Gasteiger partial charge is 0.133 e. The highest BCUT2D eigenvalue weighted by atomic mass is 16.5. The van der Waals surface area contributed by atoms with Crippen LogP contribution in [0.15, 0.2) is 0 Å². The topological polar surface area (TPSA) is 85.2 Å². The molecule has 0 heterocycles. The van der Waals surface area contributed by atoms with E-state index in [9.17, 15) is 15.0 Å². The van der Waals surface area contributed by atoms with Gasteiger partial charge >= 0.3 is 0 Å². The van der Waals surface area contributed by atoms with Gasteiger partial charge in [-0.1, -0.05) is 41.5 Å². The molecular formula is C63H106O6. The number of fused-ring (bicyclic) bond motifs is 15. The first-order chi connectivity index (χ1) is 33.1. The first kappa shape index (κ1) is 51.9. The van der Waals surface area contributed by atoms with E-state index in [0.29, 0.717) is 62.5 Å². The quantitative estimate of drug-likeness (QED) is 0.276. The van der Waals surface area contributed by atoms with Crippen molar-refractivity contribution >= 4 is 5.78 Å². The van der Waals surface area contributed by atoms with Crippen molar-refractivity contribution in [3.63, 3.8) is 0 Å². The maximum Gasteiger partial charge on any atom is 0.133 e. The molecule has 0 aromatic carbocycles. The second-order valence-electron chi connectivity index (χ2n) is 28.4. The lowest BCUT2D eigenvalue weighted by Gasteiger charge is -2.61. The fraction of sp³-hybridized carbons (Fsp3) is 0.984. The summed E-state index contributed by atoms with van der Waals surface area (Å²) in [5.74, 6) is 11.0. The third kappa shape index (κ3) is 8.14. The second kappa shape index (κ2) is 19.9. The van der Waals surface area contributed by atoms with E-state index in [1.807, 2.05) is 21.3 Å². The highest BCUT2D eigenvalue weighted by molar-refractivity contribution is 5.79. The molecule has 2 N–H and O–H groups in total. The summed E-state index contributed by atoms with van der Waals surface area (Å²) in [6, 6.07) is 0. The van der Waals surface area contributed by atoms with Crippen LogP contribution in [0.5, 0.6) is 0 Å². The normalized spacial score (nSPS) is 54.8. The Labute approximate surface area is 422 Å². The lowest BCUT2D eigenvalue weighted by molar-refractivity contribution is -0.148. The zero-order valence-electron chi connectivity index (χ0n) is 46.1. The summed E-state index contributed by atoms with van der Waals surface area (Å²) in [6.07, 6.45) is 39.7. The predicted octanol–water partition coefficient (Wildman–Crippen LogP) is 14.6. The molecule has 23 atom stereocenters. The second-order valence-corrected chi connectivity index (χ2v) is 28.4. The molecular weight excluding hydrogens is 853 g/mol. The maximum absolute atomic E-state index is 12.0. The summed E-state index contributed by atoms with van der Waals surface area (Å²) in [7, 11) is 5.77. The van der Waals surface area contributed by atoms with E-state index in [-0.39, 0.29) is 12.2 Å². The van der Waals surface area contributed by atoms with Gasteiger partial charge in [0.05, 0.1) is 30.5 Å². The average Bonchev–Trinajstić information content (AvgIpc) is 4.02. The summed E-state index contributed by atoms with van der Waals surface area (Å²) in [6.45, 7) is 14.9. The number of carbonyl (C=O) groups excluding carboxylic acids is 1. The van der Waals surface area contributed by atoms with Crippen LogP contribution in [0.2, 0.25) is 0 Å². The molecule has 0 amide bonds. The Kier molecular flexibility index (Phi) is 15.0. The van der Waals surface area contributed by atoms with Gasteiger partial charge in [0, 0.05) is 34.2 Å². The summed E-state index contributed by atoms with van der Waals surface area (Å²) in [5.41, 5.74) is 2.88. The van der Waals surface area contributed by atoms with Gasteiger partial charge in [-0.3, -0.25) is 4.79 Å². The summed E-state index contributed by atoms with van der Waals surface area (Å²) in [5, 5.41) is 20.4. The van der Waals surface area contributed by atoms with Gasteiger partial charge < -0.3 is 24.4 Å². The largest absolute Gasteiger partial charge is 0.393 e. The minimum absolute atomic E-state index is 0.0190. The minimum Gasteiger partial charge on any atom is -0.393 e. The highest BCUT2D eigenvalue weighted by Gasteiger charge is 2.64. The lowest BCUT2D eigenvalue weighted by atomic mass is 9.44. The van der Waals surface area contributed by atoms with E-state index in [1.165, 1.54) is 154 Å². The molecule has 0 bridgehead atoms. The van der Waals surface area contributed by atoms with Gasteiger partial charge in [-0.05, 0) is 283 Å². The van der Waals surface area contributed by atoms with Crippen LogP contribution in [0.25, 0.3) is 0 Å². The van der Waals surface area contributed by atoms with Crippen LogP contribution in [0.1, 0.15) is 234 Å². The molecule has 12 aliphatic carbocycles. The molecule has 0 saturated heterocycles. The molecule has 12 rings (SSSR count). The zero-order valence-corrected chi connectivity index (χ0v) is 46.1. The van der Waals surface area contributed by atoms with Gasteiger partial charge in [0.2, 0.25) is 0 Å². The lowest BCUT2D eigenvalue weighted by Crippen LogP contribution is -2.55. The van der Waals surface area contributed by atoms with E-state index < -0.39 is 0 Å².